The average molecular weight is 470 g/mol. The molecule has 4 rings (SSSR count). The van der Waals surface area contributed by atoms with E-state index in [2.05, 4.69) is 32.2 Å². The highest BCUT2D eigenvalue weighted by molar-refractivity contribution is 7.71. The van der Waals surface area contributed by atoms with Crippen LogP contribution in [0.5, 0.6) is 0 Å². The number of carbonyl (C=O) groups excluding carboxylic acids is 1. The van der Waals surface area contributed by atoms with Crippen molar-refractivity contribution in [1.82, 2.24) is 29.5 Å². The minimum absolute atomic E-state index is 0.321. The monoisotopic (exact) mass is 469 g/mol. The Morgan fingerprint density at radius 2 is 2.00 bits per heavy atom. The number of hydrogen-bond acceptors (Lipinski definition) is 6. The van der Waals surface area contributed by atoms with Crippen LogP contribution in [0, 0.1) is 31.4 Å². The highest BCUT2D eigenvalue weighted by Gasteiger charge is 2.22. The van der Waals surface area contributed by atoms with Gasteiger partial charge >= 0.3 is 0 Å². The van der Waals surface area contributed by atoms with Gasteiger partial charge in [-0.3, -0.25) is 19.8 Å². The Morgan fingerprint density at radius 3 is 2.69 bits per heavy atom. The first-order valence-corrected chi connectivity index (χ1v) is 10.9. The normalized spacial score (nSPS) is 11.0. The molecule has 0 aliphatic rings. The van der Waals surface area contributed by atoms with Gasteiger partial charge in [0, 0.05) is 6.54 Å². The van der Waals surface area contributed by atoms with Crippen LogP contribution >= 0.6 is 23.6 Å². The van der Waals surface area contributed by atoms with Gasteiger partial charge in [0.25, 0.3) is 5.91 Å². The molecule has 0 fully saturated rings. The van der Waals surface area contributed by atoms with Crippen LogP contribution in [-0.2, 0) is 6.54 Å². The number of halogens is 1. The van der Waals surface area contributed by atoms with Gasteiger partial charge < -0.3 is 0 Å². The van der Waals surface area contributed by atoms with Crippen LogP contribution in [0.4, 0.5) is 9.52 Å². The fourth-order valence-corrected chi connectivity index (χ4v) is 4.58. The van der Waals surface area contributed by atoms with Gasteiger partial charge in [-0.25, -0.2) is 14.1 Å². The summed E-state index contributed by atoms with van der Waals surface area (Å²) < 4.78 is 17.2. The molecule has 0 atom stereocenters. The van der Waals surface area contributed by atoms with E-state index in [1.807, 2.05) is 11.5 Å². The molecule has 8 nitrogen and oxygen atoms in total. The van der Waals surface area contributed by atoms with Crippen molar-refractivity contribution in [2.45, 2.75) is 27.3 Å². The molecule has 32 heavy (non-hydrogen) atoms. The maximum absolute atomic E-state index is 13.3. The molecule has 1 aromatic carbocycles. The minimum atomic E-state index is -0.335. The molecule has 2 N–H and O–H groups in total. The quantitative estimate of drug-likeness (QED) is 0.314. The van der Waals surface area contributed by atoms with Crippen LogP contribution in [-0.4, -0.2) is 35.4 Å². The third-order valence-electron chi connectivity index (χ3n) is 4.88. The standard InChI is InChI=1S/C21H20FN7OS2/c1-5-10-28-18(25-26-21(28)31)17-12(3)23-20(32-17)24-19(30)16-11(2)27-29(13(16)4)15-8-6-14(22)7-9-15/h5-9H,1,10H2,2-4H3,(H,26,31)(H,23,24,30). The lowest BCUT2D eigenvalue weighted by molar-refractivity contribution is 0.102. The van der Waals surface area contributed by atoms with Crippen LogP contribution in [0.2, 0.25) is 0 Å². The van der Waals surface area contributed by atoms with Crippen molar-refractivity contribution in [1.29, 1.82) is 0 Å². The first kappa shape index (κ1) is 21.8. The van der Waals surface area contributed by atoms with E-state index in [4.69, 9.17) is 12.2 Å². The number of amides is 1. The molecule has 0 unspecified atom stereocenters. The van der Waals surface area contributed by atoms with Crippen LogP contribution in [0.1, 0.15) is 27.4 Å². The number of nitrogens with one attached hydrogen (secondary N) is 2. The maximum Gasteiger partial charge on any atom is 0.261 e. The van der Waals surface area contributed by atoms with Crippen LogP contribution in [0.25, 0.3) is 16.4 Å². The van der Waals surface area contributed by atoms with E-state index in [0.29, 0.717) is 44.9 Å². The highest BCUT2D eigenvalue weighted by Crippen LogP contribution is 2.32. The smallest absolute Gasteiger partial charge is 0.261 e. The number of carbonyl (C=O) groups is 1. The summed E-state index contributed by atoms with van der Waals surface area (Å²) in [6, 6.07) is 5.94. The number of allylic oxidation sites excluding steroid dienone is 1. The number of aryl methyl sites for hydroxylation is 2. The first-order chi connectivity index (χ1) is 15.3. The summed E-state index contributed by atoms with van der Waals surface area (Å²) in [5.74, 6) is -0.0156. The molecule has 0 saturated carbocycles. The minimum Gasteiger partial charge on any atom is -0.298 e. The number of hydrogen-bond donors (Lipinski definition) is 2. The van der Waals surface area contributed by atoms with Crippen molar-refractivity contribution in [3.05, 3.63) is 70.2 Å². The molecule has 11 heteroatoms. The number of thiazole rings is 1. The van der Waals surface area contributed by atoms with Crippen LogP contribution in [0.15, 0.2) is 36.9 Å². The molecule has 0 aliphatic heterocycles. The zero-order chi connectivity index (χ0) is 23.0. The molecule has 3 heterocycles. The number of H-pyrrole nitrogens is 1. The van der Waals surface area contributed by atoms with Gasteiger partial charge in [0.2, 0.25) is 0 Å². The zero-order valence-corrected chi connectivity index (χ0v) is 19.3. The molecule has 0 radical (unpaired) electrons. The second-order valence-corrected chi connectivity index (χ2v) is 8.46. The van der Waals surface area contributed by atoms with E-state index in [1.165, 1.54) is 23.5 Å². The van der Waals surface area contributed by atoms with Gasteiger partial charge in [-0.15, -0.1) is 6.58 Å². The van der Waals surface area contributed by atoms with Gasteiger partial charge in [-0.1, -0.05) is 17.4 Å². The van der Waals surface area contributed by atoms with E-state index in [9.17, 15) is 9.18 Å². The Bertz CT molecular complexity index is 1380. The molecular weight excluding hydrogens is 449 g/mol. The summed E-state index contributed by atoms with van der Waals surface area (Å²) in [6.45, 7) is 9.66. The Kier molecular flexibility index (Phi) is 5.85. The van der Waals surface area contributed by atoms with Crippen LogP contribution in [0.3, 0.4) is 0 Å². The summed E-state index contributed by atoms with van der Waals surface area (Å²) >= 11 is 6.59. The maximum atomic E-state index is 13.3. The van der Waals surface area contributed by atoms with Gasteiger partial charge in [0.05, 0.1) is 33.2 Å². The fraction of sp³-hybridized carbons (Fsp3) is 0.190. The second kappa shape index (κ2) is 8.60. The Morgan fingerprint density at radius 1 is 1.28 bits per heavy atom. The first-order valence-electron chi connectivity index (χ1n) is 9.67. The number of aromatic amines is 1. The lowest BCUT2D eigenvalue weighted by Gasteiger charge is -2.05. The molecule has 4 aromatic rings. The average Bonchev–Trinajstić information content (AvgIpc) is 3.38. The summed E-state index contributed by atoms with van der Waals surface area (Å²) in [5, 5.41) is 14.8. The number of rotatable bonds is 6. The van der Waals surface area contributed by atoms with E-state index in [0.717, 1.165) is 10.6 Å². The van der Waals surface area contributed by atoms with Gasteiger partial charge in [-0.2, -0.15) is 10.2 Å². The highest BCUT2D eigenvalue weighted by atomic mass is 32.1. The number of anilines is 1. The predicted octanol–water partition coefficient (Wildman–Crippen LogP) is 4.75. The zero-order valence-electron chi connectivity index (χ0n) is 17.6. The van der Waals surface area contributed by atoms with E-state index in [-0.39, 0.29) is 11.7 Å². The van der Waals surface area contributed by atoms with Gasteiger partial charge in [0.15, 0.2) is 15.7 Å². The van der Waals surface area contributed by atoms with E-state index < -0.39 is 0 Å². The van der Waals surface area contributed by atoms with Gasteiger partial charge in [0.1, 0.15) is 5.82 Å². The number of benzene rings is 1. The molecule has 0 aliphatic carbocycles. The lowest BCUT2D eigenvalue weighted by atomic mass is 10.2. The predicted molar refractivity (Wildman–Crippen MR) is 124 cm³/mol. The summed E-state index contributed by atoms with van der Waals surface area (Å²) in [5.41, 5.74) is 3.04. The fourth-order valence-electron chi connectivity index (χ4n) is 3.41. The van der Waals surface area contributed by atoms with Crippen LogP contribution < -0.4 is 5.32 Å². The molecule has 0 saturated heterocycles. The van der Waals surface area contributed by atoms with Crippen molar-refractivity contribution in [2.24, 2.45) is 0 Å². The second-order valence-electron chi connectivity index (χ2n) is 7.07. The topological polar surface area (TPSA) is 93.4 Å². The van der Waals surface area contributed by atoms with Gasteiger partial charge in [-0.05, 0) is 57.3 Å². The van der Waals surface area contributed by atoms with Crippen molar-refractivity contribution >= 4 is 34.6 Å². The molecule has 1 amide bonds. The summed E-state index contributed by atoms with van der Waals surface area (Å²) in [6.07, 6.45) is 1.73. The van der Waals surface area contributed by atoms with Crippen molar-refractivity contribution in [2.75, 3.05) is 5.32 Å². The van der Waals surface area contributed by atoms with Crippen molar-refractivity contribution in [3.8, 4) is 16.4 Å². The molecule has 3 aromatic heterocycles. The molecule has 0 spiro atoms. The Labute approximate surface area is 192 Å². The molecular formula is C21H20FN7OS2. The third kappa shape index (κ3) is 3.92. The number of nitrogens with zero attached hydrogens (tertiary/aromatic N) is 5. The van der Waals surface area contributed by atoms with Crippen molar-refractivity contribution in [3.63, 3.8) is 0 Å². The van der Waals surface area contributed by atoms with E-state index in [1.54, 1.807) is 36.7 Å². The Hall–Kier alpha value is -3.44. The van der Waals surface area contributed by atoms with Crippen molar-refractivity contribution < 1.29 is 9.18 Å². The Balaban J connectivity index is 1.63. The summed E-state index contributed by atoms with van der Waals surface area (Å²) in [7, 11) is 0. The van der Waals surface area contributed by atoms with E-state index >= 15 is 0 Å². The summed E-state index contributed by atoms with van der Waals surface area (Å²) in [4.78, 5) is 18.4. The SMILES string of the molecule is C=CCn1c(-c2sc(NC(=O)c3c(C)nn(-c4ccc(F)cc4)c3C)nc2C)n[nH]c1=S. The lowest BCUT2D eigenvalue weighted by Crippen LogP contribution is -2.14. The molecule has 0 bridgehead atoms. The third-order valence-corrected chi connectivity index (χ3v) is 6.26. The molecule has 164 valence electrons. The number of aromatic nitrogens is 6. The largest absolute Gasteiger partial charge is 0.298 e.